The van der Waals surface area contributed by atoms with E-state index in [-0.39, 0.29) is 0 Å². The Labute approximate surface area is 165 Å². The Morgan fingerprint density at radius 1 is 0.741 bits per heavy atom. The highest BCUT2D eigenvalue weighted by molar-refractivity contribution is 7.79. The highest BCUT2D eigenvalue weighted by Crippen LogP contribution is 2.04. The van der Waals surface area contributed by atoms with E-state index in [2.05, 4.69) is 26.3 Å². The molecule has 0 aliphatic rings. The SMILES string of the molecule is C=CC[N+](C)(CC=C)OCC.C=CC[N+](C)(CC=C)OCC.O=S(=O)([O-])[O-]. The minimum atomic E-state index is -5.17. The molecule has 160 valence electrons. The quantitative estimate of drug-likeness (QED) is 0.161. The molecule has 0 aliphatic heterocycles. The molecule has 0 radical (unpaired) electrons. The summed E-state index contributed by atoms with van der Waals surface area (Å²) in [6, 6.07) is 0. The van der Waals surface area contributed by atoms with Crippen LogP contribution in [0.25, 0.3) is 0 Å². The number of rotatable bonds is 12. The Bertz CT molecular complexity index is 460. The van der Waals surface area contributed by atoms with Gasteiger partial charge in [0.25, 0.3) is 0 Å². The monoisotopic (exact) mass is 408 g/mol. The molecule has 27 heavy (non-hydrogen) atoms. The fourth-order valence-corrected chi connectivity index (χ4v) is 2.08. The predicted molar refractivity (Wildman–Crippen MR) is 106 cm³/mol. The molecule has 0 fully saturated rings. The van der Waals surface area contributed by atoms with Crippen LogP contribution < -0.4 is 0 Å². The maximum absolute atomic E-state index is 8.52. The van der Waals surface area contributed by atoms with Gasteiger partial charge in [-0.2, -0.15) is 9.29 Å². The molecule has 0 N–H and O–H groups in total. The van der Waals surface area contributed by atoms with E-state index >= 15 is 0 Å². The fraction of sp³-hybridized carbons (Fsp3) is 0.556. The van der Waals surface area contributed by atoms with Gasteiger partial charge >= 0.3 is 0 Å². The van der Waals surface area contributed by atoms with Gasteiger partial charge in [-0.05, 0) is 38.2 Å². The van der Waals surface area contributed by atoms with Gasteiger partial charge in [0.05, 0.1) is 14.1 Å². The summed E-state index contributed by atoms with van der Waals surface area (Å²) in [6.07, 6.45) is 7.44. The zero-order valence-corrected chi connectivity index (χ0v) is 17.9. The van der Waals surface area contributed by atoms with Gasteiger partial charge in [-0.1, -0.05) is 26.3 Å². The Balaban J connectivity index is -0.000000344. The van der Waals surface area contributed by atoms with Gasteiger partial charge < -0.3 is 9.11 Å². The van der Waals surface area contributed by atoms with Crippen molar-refractivity contribution in [3.05, 3.63) is 50.6 Å². The molecule has 9 heteroatoms. The van der Waals surface area contributed by atoms with Crippen molar-refractivity contribution >= 4 is 10.4 Å². The lowest BCUT2D eigenvalue weighted by molar-refractivity contribution is -1.08. The zero-order valence-electron chi connectivity index (χ0n) is 17.1. The molecular weight excluding hydrogens is 372 g/mol. The van der Waals surface area contributed by atoms with Crippen molar-refractivity contribution in [1.29, 1.82) is 0 Å². The Hall–Kier alpha value is -1.33. The largest absolute Gasteiger partial charge is 0.759 e. The first-order valence-corrected chi connectivity index (χ1v) is 9.78. The Kier molecular flexibility index (Phi) is 18.9. The van der Waals surface area contributed by atoms with Crippen LogP contribution in [0.5, 0.6) is 0 Å². The molecule has 0 saturated heterocycles. The molecule has 0 atom stereocenters. The summed E-state index contributed by atoms with van der Waals surface area (Å²) in [4.78, 5) is 11.0. The van der Waals surface area contributed by atoms with E-state index in [1.165, 1.54) is 0 Å². The van der Waals surface area contributed by atoms with Crippen LogP contribution in [0.2, 0.25) is 0 Å². The minimum Gasteiger partial charge on any atom is -0.759 e. The first-order chi connectivity index (χ1) is 12.4. The minimum absolute atomic E-state index is 0.545. The summed E-state index contributed by atoms with van der Waals surface area (Å²) >= 11 is 0. The van der Waals surface area contributed by atoms with E-state index in [1.54, 1.807) is 0 Å². The van der Waals surface area contributed by atoms with Crippen LogP contribution in [0.4, 0.5) is 0 Å². The third-order valence-electron chi connectivity index (χ3n) is 2.94. The van der Waals surface area contributed by atoms with Crippen LogP contribution in [-0.2, 0) is 20.1 Å². The van der Waals surface area contributed by atoms with Crippen molar-refractivity contribution in [2.75, 3.05) is 53.5 Å². The maximum atomic E-state index is 8.52. The summed E-state index contributed by atoms with van der Waals surface area (Å²) in [6.45, 7) is 23.4. The van der Waals surface area contributed by atoms with Gasteiger partial charge in [-0.3, -0.25) is 8.42 Å². The van der Waals surface area contributed by atoms with Crippen LogP contribution in [0.1, 0.15) is 13.8 Å². The summed E-state index contributed by atoms with van der Waals surface area (Å²) in [5.41, 5.74) is 0. The van der Waals surface area contributed by atoms with E-state index in [0.717, 1.165) is 39.4 Å². The standard InChI is InChI=1S/2C9H18NO.H2O4S/c2*1-5-8-10(4,9-6-2)11-7-3;1-5(2,3)4/h2*5-6H,1-2,7-9H2,3-4H3;(H2,1,2,3,4)/q2*+1;/p-2. The molecule has 0 amide bonds. The van der Waals surface area contributed by atoms with Crippen molar-refractivity contribution in [3.63, 3.8) is 0 Å². The molecule has 0 spiro atoms. The lowest BCUT2D eigenvalue weighted by Gasteiger charge is -2.28. The summed E-state index contributed by atoms with van der Waals surface area (Å²) in [7, 11) is -1.13. The molecular formula is C18H36N2O6S. The zero-order chi connectivity index (χ0) is 22.0. The lowest BCUT2D eigenvalue weighted by Crippen LogP contribution is -2.44. The van der Waals surface area contributed by atoms with Crippen molar-refractivity contribution in [2.24, 2.45) is 0 Å². The lowest BCUT2D eigenvalue weighted by atomic mass is 10.5. The van der Waals surface area contributed by atoms with Crippen LogP contribution in [0.15, 0.2) is 50.6 Å². The highest BCUT2D eigenvalue weighted by Gasteiger charge is 2.19. The molecule has 0 unspecified atom stereocenters. The fourth-order valence-electron chi connectivity index (χ4n) is 2.08. The number of hydrogen-bond donors (Lipinski definition) is 0. The van der Waals surface area contributed by atoms with Crippen molar-refractivity contribution < 1.29 is 36.5 Å². The molecule has 0 saturated carbocycles. The number of hydrogen-bond acceptors (Lipinski definition) is 6. The van der Waals surface area contributed by atoms with Gasteiger partial charge in [0.15, 0.2) is 0 Å². The number of quaternary nitrogens is 2. The predicted octanol–water partition coefficient (Wildman–Crippen LogP) is 2.18. The van der Waals surface area contributed by atoms with Crippen molar-refractivity contribution in [1.82, 2.24) is 0 Å². The molecule has 0 rings (SSSR count). The third-order valence-corrected chi connectivity index (χ3v) is 2.94. The van der Waals surface area contributed by atoms with E-state index in [9.17, 15) is 0 Å². The van der Waals surface area contributed by atoms with Gasteiger partial charge in [-0.15, -0.1) is 0 Å². The van der Waals surface area contributed by atoms with Gasteiger partial charge in [0.1, 0.15) is 39.4 Å². The summed E-state index contributed by atoms with van der Waals surface area (Å²) in [5.74, 6) is 0. The third kappa shape index (κ3) is 24.7. The second-order valence-corrected chi connectivity index (χ2v) is 6.54. The number of likely N-dealkylation sites (N-methyl/N-ethyl adjacent to an activating group) is 2. The van der Waals surface area contributed by atoms with Crippen LogP contribution in [-0.4, -0.2) is 80.3 Å². The molecule has 0 bridgehead atoms. The van der Waals surface area contributed by atoms with Gasteiger partial charge in [0, 0.05) is 10.4 Å². The molecule has 8 nitrogen and oxygen atoms in total. The Morgan fingerprint density at radius 2 is 0.926 bits per heavy atom. The van der Waals surface area contributed by atoms with E-state index in [1.807, 2.05) is 52.2 Å². The maximum Gasteiger partial charge on any atom is 0.127 e. The molecule has 0 aromatic heterocycles. The summed E-state index contributed by atoms with van der Waals surface area (Å²) in [5, 5.41) is 0. The van der Waals surface area contributed by atoms with E-state index in [0.29, 0.717) is 9.29 Å². The smallest absolute Gasteiger partial charge is 0.127 e. The topological polar surface area (TPSA) is 98.7 Å². The van der Waals surface area contributed by atoms with Crippen molar-refractivity contribution in [3.8, 4) is 0 Å². The first-order valence-electron chi connectivity index (χ1n) is 8.45. The first kappa shape index (κ1) is 30.4. The van der Waals surface area contributed by atoms with Crippen molar-refractivity contribution in [2.45, 2.75) is 13.8 Å². The molecule has 0 aromatic rings. The number of nitrogens with zero attached hydrogens (tertiary/aromatic N) is 2. The normalized spacial score (nSPS) is 11.2. The number of hydroxylamine groups is 6. The van der Waals surface area contributed by atoms with E-state index in [4.69, 9.17) is 27.2 Å². The average molecular weight is 409 g/mol. The molecule has 0 aliphatic carbocycles. The highest BCUT2D eigenvalue weighted by atomic mass is 32.3. The van der Waals surface area contributed by atoms with Crippen LogP contribution in [0.3, 0.4) is 0 Å². The van der Waals surface area contributed by atoms with E-state index < -0.39 is 10.4 Å². The summed E-state index contributed by atoms with van der Waals surface area (Å²) < 4.78 is 35.2. The van der Waals surface area contributed by atoms with Gasteiger partial charge in [-0.25, -0.2) is 9.68 Å². The Morgan fingerprint density at radius 3 is 1.04 bits per heavy atom. The second kappa shape index (κ2) is 16.8. The average Bonchev–Trinajstić information content (AvgIpc) is 2.47. The van der Waals surface area contributed by atoms with Crippen LogP contribution in [0, 0.1) is 0 Å². The molecule has 0 aromatic carbocycles. The van der Waals surface area contributed by atoms with Crippen LogP contribution >= 0.6 is 0 Å². The van der Waals surface area contributed by atoms with Gasteiger partial charge in [0.2, 0.25) is 0 Å². The second-order valence-electron chi connectivity index (χ2n) is 5.72. The molecule has 0 heterocycles.